The van der Waals surface area contributed by atoms with Crippen molar-refractivity contribution in [3.8, 4) is 0 Å². The van der Waals surface area contributed by atoms with Gasteiger partial charge in [-0.25, -0.2) is 9.59 Å². The third-order valence-electron chi connectivity index (χ3n) is 2.34. The van der Waals surface area contributed by atoms with Gasteiger partial charge >= 0.3 is 12.1 Å². The molecule has 1 amide bonds. The highest BCUT2D eigenvalue weighted by Crippen LogP contribution is 2.09. The summed E-state index contributed by atoms with van der Waals surface area (Å²) < 4.78 is 15.6. The van der Waals surface area contributed by atoms with Crippen LogP contribution in [0.5, 0.6) is 0 Å². The molecule has 22 heavy (non-hydrogen) atoms. The van der Waals surface area contributed by atoms with E-state index in [1.165, 1.54) is 0 Å². The van der Waals surface area contributed by atoms with Crippen LogP contribution in [0.15, 0.2) is 12.7 Å². The van der Waals surface area contributed by atoms with Gasteiger partial charge in [0.1, 0.15) is 11.6 Å². The minimum absolute atomic E-state index is 0.243. The second-order valence-electron chi connectivity index (χ2n) is 6.19. The molecule has 0 aromatic heterocycles. The molecule has 6 heteroatoms. The zero-order valence-corrected chi connectivity index (χ0v) is 14.3. The maximum atomic E-state index is 12.0. The van der Waals surface area contributed by atoms with Crippen LogP contribution >= 0.6 is 0 Å². The standard InChI is InChI=1S/C16H29NO5/c1-7-10-20-11-8-9-13(14(18)21-12(2)3)17-15(19)22-16(4,5)6/h7,12-13H,1,8-11H2,2-6H3,(H,17,19). The summed E-state index contributed by atoms with van der Waals surface area (Å²) in [4.78, 5) is 23.8. The highest BCUT2D eigenvalue weighted by atomic mass is 16.6. The molecule has 0 aliphatic heterocycles. The Morgan fingerprint density at radius 1 is 1.27 bits per heavy atom. The summed E-state index contributed by atoms with van der Waals surface area (Å²) in [6.45, 7) is 13.3. The lowest BCUT2D eigenvalue weighted by Crippen LogP contribution is -2.44. The molecule has 1 unspecified atom stereocenters. The van der Waals surface area contributed by atoms with Gasteiger partial charge in [-0.05, 0) is 47.5 Å². The van der Waals surface area contributed by atoms with E-state index in [2.05, 4.69) is 11.9 Å². The molecule has 0 aromatic carbocycles. The number of rotatable bonds is 9. The summed E-state index contributed by atoms with van der Waals surface area (Å²) in [7, 11) is 0. The quantitative estimate of drug-likeness (QED) is 0.402. The highest BCUT2D eigenvalue weighted by molar-refractivity contribution is 5.81. The molecule has 128 valence electrons. The average Bonchev–Trinajstić information content (AvgIpc) is 2.34. The number of carbonyl (C=O) groups is 2. The SMILES string of the molecule is C=CCOCCCC(NC(=O)OC(C)(C)C)C(=O)OC(C)C. The Kier molecular flexibility index (Phi) is 9.49. The van der Waals surface area contributed by atoms with E-state index in [4.69, 9.17) is 14.2 Å². The molecule has 0 spiro atoms. The van der Waals surface area contributed by atoms with Gasteiger partial charge in [-0.3, -0.25) is 0 Å². The smallest absolute Gasteiger partial charge is 0.408 e. The van der Waals surface area contributed by atoms with Gasteiger partial charge in [0, 0.05) is 6.61 Å². The molecule has 1 N–H and O–H groups in total. The van der Waals surface area contributed by atoms with Gasteiger partial charge in [0.05, 0.1) is 12.7 Å². The van der Waals surface area contributed by atoms with Gasteiger partial charge in [-0.15, -0.1) is 6.58 Å². The molecule has 0 saturated carbocycles. The van der Waals surface area contributed by atoms with E-state index in [1.54, 1.807) is 40.7 Å². The average molecular weight is 315 g/mol. The van der Waals surface area contributed by atoms with E-state index < -0.39 is 23.7 Å². The Balaban J connectivity index is 4.48. The predicted molar refractivity (Wildman–Crippen MR) is 84.6 cm³/mol. The predicted octanol–water partition coefficient (Wildman–Crippen LogP) is 2.81. The summed E-state index contributed by atoms with van der Waals surface area (Å²) in [5.41, 5.74) is -0.621. The zero-order valence-electron chi connectivity index (χ0n) is 14.3. The number of alkyl carbamates (subject to hydrolysis) is 1. The van der Waals surface area contributed by atoms with Crippen LogP contribution < -0.4 is 5.32 Å². The second kappa shape index (κ2) is 10.2. The lowest BCUT2D eigenvalue weighted by Gasteiger charge is -2.23. The first kappa shape index (κ1) is 20.4. The number of nitrogens with one attached hydrogen (secondary N) is 1. The van der Waals surface area contributed by atoms with Gasteiger partial charge in [0.15, 0.2) is 0 Å². The maximum Gasteiger partial charge on any atom is 0.408 e. The Morgan fingerprint density at radius 2 is 1.91 bits per heavy atom. The molecule has 0 rings (SSSR count). The van der Waals surface area contributed by atoms with Crippen LogP contribution in [0.3, 0.4) is 0 Å². The first-order valence-electron chi connectivity index (χ1n) is 7.54. The first-order valence-corrected chi connectivity index (χ1v) is 7.54. The van der Waals surface area contributed by atoms with Gasteiger partial charge in [-0.2, -0.15) is 0 Å². The normalized spacial score (nSPS) is 12.6. The number of hydrogen-bond donors (Lipinski definition) is 1. The van der Waals surface area contributed by atoms with Crippen molar-refractivity contribution < 1.29 is 23.8 Å². The number of amides is 1. The van der Waals surface area contributed by atoms with Crippen LogP contribution in [0.4, 0.5) is 4.79 Å². The van der Waals surface area contributed by atoms with Crippen molar-refractivity contribution in [3.63, 3.8) is 0 Å². The molecule has 0 radical (unpaired) electrons. The fourth-order valence-electron chi connectivity index (χ4n) is 1.57. The molecule has 6 nitrogen and oxygen atoms in total. The van der Waals surface area contributed by atoms with Gasteiger partial charge in [0.2, 0.25) is 0 Å². The molecule has 1 atom stereocenters. The molecule has 0 bridgehead atoms. The van der Waals surface area contributed by atoms with Crippen molar-refractivity contribution >= 4 is 12.1 Å². The first-order chi connectivity index (χ1) is 10.2. The largest absolute Gasteiger partial charge is 0.461 e. The fraction of sp³-hybridized carbons (Fsp3) is 0.750. The van der Waals surface area contributed by atoms with Crippen molar-refractivity contribution in [2.75, 3.05) is 13.2 Å². The van der Waals surface area contributed by atoms with Crippen molar-refractivity contribution in [1.82, 2.24) is 5.32 Å². The summed E-state index contributed by atoms with van der Waals surface area (Å²) >= 11 is 0. The second-order valence-corrected chi connectivity index (χ2v) is 6.19. The summed E-state index contributed by atoms with van der Waals surface area (Å²) in [5, 5.41) is 2.56. The van der Waals surface area contributed by atoms with E-state index in [1.807, 2.05) is 0 Å². The molecule has 0 fully saturated rings. The minimum Gasteiger partial charge on any atom is -0.461 e. The Bertz CT molecular complexity index is 360. The summed E-state index contributed by atoms with van der Waals surface area (Å²) in [6, 6.07) is -0.746. The van der Waals surface area contributed by atoms with Crippen LogP contribution in [-0.2, 0) is 19.0 Å². The third kappa shape index (κ3) is 11.1. The monoisotopic (exact) mass is 315 g/mol. The lowest BCUT2D eigenvalue weighted by atomic mass is 10.1. The molecular weight excluding hydrogens is 286 g/mol. The van der Waals surface area contributed by atoms with E-state index in [0.29, 0.717) is 26.1 Å². The van der Waals surface area contributed by atoms with E-state index in [0.717, 1.165) is 0 Å². The van der Waals surface area contributed by atoms with Crippen molar-refractivity contribution in [2.24, 2.45) is 0 Å². The van der Waals surface area contributed by atoms with E-state index in [9.17, 15) is 9.59 Å². The summed E-state index contributed by atoms with van der Waals surface area (Å²) in [6.07, 6.45) is 1.81. The molecule has 0 aliphatic rings. The maximum absolute atomic E-state index is 12.0. The van der Waals surface area contributed by atoms with E-state index >= 15 is 0 Å². The summed E-state index contributed by atoms with van der Waals surface area (Å²) in [5.74, 6) is -0.468. The molecule has 0 aromatic rings. The van der Waals surface area contributed by atoms with Crippen molar-refractivity contribution in [1.29, 1.82) is 0 Å². The highest BCUT2D eigenvalue weighted by Gasteiger charge is 2.25. The number of esters is 1. The lowest BCUT2D eigenvalue weighted by molar-refractivity contribution is -0.150. The van der Waals surface area contributed by atoms with Crippen LogP contribution in [-0.4, -0.2) is 43.0 Å². The Hall–Kier alpha value is -1.56. The van der Waals surface area contributed by atoms with Crippen molar-refractivity contribution in [3.05, 3.63) is 12.7 Å². The molecule has 0 saturated heterocycles. The van der Waals surface area contributed by atoms with Crippen LogP contribution in [0.1, 0.15) is 47.5 Å². The Morgan fingerprint density at radius 3 is 2.41 bits per heavy atom. The topological polar surface area (TPSA) is 73.9 Å². The minimum atomic E-state index is -0.746. The van der Waals surface area contributed by atoms with Gasteiger partial charge in [0.25, 0.3) is 0 Å². The van der Waals surface area contributed by atoms with Gasteiger partial charge in [-0.1, -0.05) is 6.08 Å². The number of ether oxygens (including phenoxy) is 3. The van der Waals surface area contributed by atoms with E-state index in [-0.39, 0.29) is 6.10 Å². The third-order valence-corrected chi connectivity index (χ3v) is 2.34. The Labute approximate surface area is 133 Å². The zero-order chi connectivity index (χ0) is 17.2. The van der Waals surface area contributed by atoms with Crippen LogP contribution in [0.2, 0.25) is 0 Å². The number of hydrogen-bond acceptors (Lipinski definition) is 5. The molecule has 0 heterocycles. The fourth-order valence-corrected chi connectivity index (χ4v) is 1.57. The molecule has 0 aliphatic carbocycles. The van der Waals surface area contributed by atoms with Crippen molar-refractivity contribution in [2.45, 2.75) is 65.2 Å². The van der Waals surface area contributed by atoms with Crippen LogP contribution in [0, 0.1) is 0 Å². The number of carbonyl (C=O) groups excluding carboxylic acids is 2. The molecular formula is C16H29NO5. The van der Waals surface area contributed by atoms with Gasteiger partial charge < -0.3 is 19.5 Å². The van der Waals surface area contributed by atoms with Crippen LogP contribution in [0.25, 0.3) is 0 Å².